The second kappa shape index (κ2) is 9.29. The third kappa shape index (κ3) is 4.70. The molecule has 3 heterocycles. The Labute approximate surface area is 172 Å². The first-order valence-electron chi connectivity index (χ1n) is 10.6. The molecule has 28 heavy (non-hydrogen) atoms. The normalized spacial score (nSPS) is 20.3. The SMILES string of the molecule is CCCN1CCOc2c(cc(-c3ccc(C)s3)cc2OC[C@@H]2CCCCO2)C1. The molecular formula is C23H31NO3S. The summed E-state index contributed by atoms with van der Waals surface area (Å²) in [5.74, 6) is 1.79. The number of hydrogen-bond donors (Lipinski definition) is 0. The van der Waals surface area contributed by atoms with Gasteiger partial charge in [-0.1, -0.05) is 6.92 Å². The Morgan fingerprint density at radius 3 is 2.89 bits per heavy atom. The number of thiophene rings is 1. The molecule has 0 spiro atoms. The number of aryl methyl sites for hydroxylation is 1. The van der Waals surface area contributed by atoms with Crippen molar-refractivity contribution < 1.29 is 14.2 Å². The quantitative estimate of drug-likeness (QED) is 0.659. The summed E-state index contributed by atoms with van der Waals surface area (Å²) in [6.07, 6.45) is 4.82. The summed E-state index contributed by atoms with van der Waals surface area (Å²) in [7, 11) is 0. The van der Waals surface area contributed by atoms with E-state index in [9.17, 15) is 0 Å². The van der Waals surface area contributed by atoms with Crippen LogP contribution in [0.3, 0.4) is 0 Å². The van der Waals surface area contributed by atoms with Crippen LogP contribution in [0.15, 0.2) is 24.3 Å². The van der Waals surface area contributed by atoms with Gasteiger partial charge < -0.3 is 14.2 Å². The predicted octanol–water partition coefficient (Wildman–Crippen LogP) is 5.28. The third-order valence-corrected chi connectivity index (χ3v) is 6.49. The van der Waals surface area contributed by atoms with Crippen molar-refractivity contribution in [1.82, 2.24) is 4.90 Å². The number of benzene rings is 1. The maximum atomic E-state index is 6.30. The van der Waals surface area contributed by atoms with E-state index >= 15 is 0 Å². The van der Waals surface area contributed by atoms with Gasteiger partial charge in [0.25, 0.3) is 0 Å². The Hall–Kier alpha value is -1.56. The first-order chi connectivity index (χ1) is 13.7. The zero-order valence-electron chi connectivity index (χ0n) is 17.0. The van der Waals surface area contributed by atoms with Crippen LogP contribution in [-0.2, 0) is 11.3 Å². The molecule has 1 saturated heterocycles. The number of nitrogens with zero attached hydrogens (tertiary/aromatic N) is 1. The van der Waals surface area contributed by atoms with E-state index in [4.69, 9.17) is 14.2 Å². The van der Waals surface area contributed by atoms with E-state index in [2.05, 4.69) is 43.0 Å². The Morgan fingerprint density at radius 2 is 2.14 bits per heavy atom. The van der Waals surface area contributed by atoms with Gasteiger partial charge in [-0.3, -0.25) is 4.90 Å². The topological polar surface area (TPSA) is 30.9 Å². The van der Waals surface area contributed by atoms with Gasteiger partial charge in [-0.2, -0.15) is 0 Å². The smallest absolute Gasteiger partial charge is 0.165 e. The molecule has 0 amide bonds. The van der Waals surface area contributed by atoms with Crippen molar-refractivity contribution in [3.05, 3.63) is 34.7 Å². The lowest BCUT2D eigenvalue weighted by Gasteiger charge is -2.24. The number of rotatable bonds is 6. The molecule has 1 atom stereocenters. The molecule has 0 saturated carbocycles. The molecule has 152 valence electrons. The van der Waals surface area contributed by atoms with Gasteiger partial charge in [0, 0.05) is 35.0 Å². The summed E-state index contributed by atoms with van der Waals surface area (Å²) in [5, 5.41) is 0. The predicted molar refractivity (Wildman–Crippen MR) is 115 cm³/mol. The Balaban J connectivity index is 1.63. The van der Waals surface area contributed by atoms with E-state index < -0.39 is 0 Å². The highest BCUT2D eigenvalue weighted by Gasteiger charge is 2.22. The first kappa shape index (κ1) is 19.7. The molecule has 0 N–H and O–H groups in total. The van der Waals surface area contributed by atoms with E-state index in [1.165, 1.54) is 27.3 Å². The number of fused-ring (bicyclic) bond motifs is 1. The van der Waals surface area contributed by atoms with Crippen molar-refractivity contribution in [2.45, 2.75) is 52.2 Å². The zero-order chi connectivity index (χ0) is 19.3. The van der Waals surface area contributed by atoms with Gasteiger partial charge in [-0.25, -0.2) is 0 Å². The van der Waals surface area contributed by atoms with Gasteiger partial charge in [0.2, 0.25) is 0 Å². The van der Waals surface area contributed by atoms with Gasteiger partial charge in [0.05, 0.1) is 6.10 Å². The third-order valence-electron chi connectivity index (χ3n) is 5.44. The monoisotopic (exact) mass is 401 g/mol. The minimum absolute atomic E-state index is 0.194. The van der Waals surface area contributed by atoms with E-state index in [1.54, 1.807) is 0 Å². The van der Waals surface area contributed by atoms with Gasteiger partial charge in [0.15, 0.2) is 11.5 Å². The molecule has 0 aliphatic carbocycles. The van der Waals surface area contributed by atoms with Crippen LogP contribution < -0.4 is 9.47 Å². The van der Waals surface area contributed by atoms with Crippen molar-refractivity contribution in [2.75, 3.05) is 32.9 Å². The van der Waals surface area contributed by atoms with Crippen molar-refractivity contribution >= 4 is 11.3 Å². The maximum Gasteiger partial charge on any atom is 0.165 e. The average Bonchev–Trinajstić information content (AvgIpc) is 3.04. The summed E-state index contributed by atoms with van der Waals surface area (Å²) < 4.78 is 18.4. The van der Waals surface area contributed by atoms with Gasteiger partial charge in [-0.15, -0.1) is 11.3 Å². The first-order valence-corrected chi connectivity index (χ1v) is 11.4. The van der Waals surface area contributed by atoms with Crippen LogP contribution in [-0.4, -0.2) is 43.9 Å². The van der Waals surface area contributed by atoms with Crippen LogP contribution in [0.5, 0.6) is 11.5 Å². The molecule has 0 unspecified atom stereocenters. The molecule has 1 aromatic heterocycles. The van der Waals surface area contributed by atoms with E-state index in [1.807, 2.05) is 11.3 Å². The summed E-state index contributed by atoms with van der Waals surface area (Å²) in [5.41, 5.74) is 2.45. The number of ether oxygens (including phenoxy) is 3. The molecule has 4 rings (SSSR count). The van der Waals surface area contributed by atoms with Crippen LogP contribution in [0.25, 0.3) is 10.4 Å². The maximum absolute atomic E-state index is 6.30. The summed E-state index contributed by atoms with van der Waals surface area (Å²) in [6, 6.07) is 8.83. The molecule has 0 radical (unpaired) electrons. The highest BCUT2D eigenvalue weighted by atomic mass is 32.1. The highest BCUT2D eigenvalue weighted by molar-refractivity contribution is 7.15. The lowest BCUT2D eigenvalue weighted by molar-refractivity contribution is -0.0115. The molecule has 0 bridgehead atoms. The van der Waals surface area contributed by atoms with E-state index in [0.29, 0.717) is 13.2 Å². The summed E-state index contributed by atoms with van der Waals surface area (Å²) in [4.78, 5) is 5.08. The Bertz CT molecular complexity index is 782. The molecular weight excluding hydrogens is 370 g/mol. The molecule has 2 aliphatic rings. The van der Waals surface area contributed by atoms with Crippen LogP contribution in [0, 0.1) is 6.92 Å². The molecule has 1 aromatic carbocycles. The van der Waals surface area contributed by atoms with Gasteiger partial charge in [0.1, 0.15) is 13.2 Å². The highest BCUT2D eigenvalue weighted by Crippen LogP contribution is 2.40. The zero-order valence-corrected chi connectivity index (χ0v) is 17.9. The van der Waals surface area contributed by atoms with Crippen molar-refractivity contribution in [2.24, 2.45) is 0 Å². The van der Waals surface area contributed by atoms with Crippen LogP contribution in [0.4, 0.5) is 0 Å². The lowest BCUT2D eigenvalue weighted by atomic mass is 10.1. The second-order valence-corrected chi connectivity index (χ2v) is 9.09. The minimum atomic E-state index is 0.194. The molecule has 5 heteroatoms. The molecule has 2 aliphatic heterocycles. The van der Waals surface area contributed by atoms with Crippen LogP contribution in [0.2, 0.25) is 0 Å². The summed E-state index contributed by atoms with van der Waals surface area (Å²) >= 11 is 1.83. The van der Waals surface area contributed by atoms with Gasteiger partial charge in [-0.05, 0) is 69.0 Å². The van der Waals surface area contributed by atoms with Crippen molar-refractivity contribution in [3.8, 4) is 21.9 Å². The largest absolute Gasteiger partial charge is 0.488 e. The molecule has 4 nitrogen and oxygen atoms in total. The second-order valence-electron chi connectivity index (χ2n) is 7.80. The van der Waals surface area contributed by atoms with Crippen molar-refractivity contribution in [3.63, 3.8) is 0 Å². The average molecular weight is 402 g/mol. The Kier molecular flexibility index (Phi) is 6.55. The standard InChI is InChI=1S/C23H31NO3S/c1-3-9-24-10-12-26-23-19(15-24)13-18(22-8-7-17(2)28-22)14-21(23)27-16-20-6-4-5-11-25-20/h7-8,13-14,20H,3-6,9-12,15-16H2,1-2H3/t20-/m0/s1. The molecule has 2 aromatic rings. The summed E-state index contributed by atoms with van der Waals surface area (Å²) in [6.45, 7) is 9.51. The fourth-order valence-corrected chi connectivity index (χ4v) is 4.86. The van der Waals surface area contributed by atoms with Crippen LogP contribution >= 0.6 is 11.3 Å². The fourth-order valence-electron chi connectivity index (χ4n) is 4.01. The van der Waals surface area contributed by atoms with Gasteiger partial charge >= 0.3 is 0 Å². The minimum Gasteiger partial charge on any atom is -0.488 e. The fraction of sp³-hybridized carbons (Fsp3) is 0.565. The van der Waals surface area contributed by atoms with E-state index in [-0.39, 0.29) is 6.10 Å². The Morgan fingerprint density at radius 1 is 1.21 bits per heavy atom. The van der Waals surface area contributed by atoms with Crippen LogP contribution in [0.1, 0.15) is 43.0 Å². The molecule has 1 fully saturated rings. The number of hydrogen-bond acceptors (Lipinski definition) is 5. The van der Waals surface area contributed by atoms with Crippen molar-refractivity contribution in [1.29, 1.82) is 0 Å². The van der Waals surface area contributed by atoms with E-state index in [0.717, 1.165) is 57.0 Å². The lowest BCUT2D eigenvalue weighted by Crippen LogP contribution is -2.26.